The molecule has 67 heavy (non-hydrogen) atoms. The van der Waals surface area contributed by atoms with Gasteiger partial charge in [-0.2, -0.15) is 0 Å². The molecule has 0 fully saturated rings. The van der Waals surface area contributed by atoms with Gasteiger partial charge in [-0.3, -0.25) is 0 Å². The fourth-order valence-electron chi connectivity index (χ4n) is 9.83. The average molecular weight is 955 g/mol. The molecular weight excluding hydrogens is 882 g/mol. The molecule has 342 valence electrons. The van der Waals surface area contributed by atoms with Gasteiger partial charge in [0.15, 0.2) is 0 Å². The molecule has 4 nitrogen and oxygen atoms in total. The van der Waals surface area contributed by atoms with Gasteiger partial charge in [-0.15, -0.1) is 34.0 Å². The molecule has 2 aromatic carbocycles. The predicted octanol–water partition coefficient (Wildman–Crippen LogP) is 16.0. The number of rotatable bonds is 5. The summed E-state index contributed by atoms with van der Waals surface area (Å²) in [5.74, 6) is 6.87. The molecule has 2 aliphatic rings. The molecule has 8 bridgehead atoms. The van der Waals surface area contributed by atoms with Gasteiger partial charge < -0.3 is 9.97 Å². The summed E-state index contributed by atoms with van der Waals surface area (Å²) < 4.78 is 0. The van der Waals surface area contributed by atoms with Crippen molar-refractivity contribution in [3.05, 3.63) is 117 Å². The van der Waals surface area contributed by atoms with E-state index in [0.29, 0.717) is 33.4 Å². The van der Waals surface area contributed by atoms with E-state index >= 15 is 0 Å². The maximum atomic E-state index is 6.43. The smallest absolute Gasteiger partial charge is 0.656 e. The normalized spacial score (nSPS) is 13.3. The van der Waals surface area contributed by atoms with Crippen molar-refractivity contribution in [1.82, 2.24) is 19.9 Å². The van der Waals surface area contributed by atoms with Crippen LogP contribution in [-0.2, 0) is 41.1 Å². The van der Waals surface area contributed by atoms with Gasteiger partial charge in [-0.1, -0.05) is 197 Å². The third-order valence-corrected chi connectivity index (χ3v) is 20.2. The minimum absolute atomic E-state index is 0. The summed E-state index contributed by atoms with van der Waals surface area (Å²) in [5.41, 5.74) is 21.9. The molecule has 0 radical (unpaired) electrons. The summed E-state index contributed by atoms with van der Waals surface area (Å²) in [7, 11) is -2.17. The Hall–Kier alpha value is -5.00. The van der Waals surface area contributed by atoms with Gasteiger partial charge in [0, 0.05) is 11.1 Å². The third kappa shape index (κ3) is 10.1. The Labute approximate surface area is 417 Å². The Morgan fingerprint density at radius 3 is 1.10 bits per heavy atom. The topological polar surface area (TPSA) is 54.0 Å². The Kier molecular flexibility index (Phi) is 14.2. The van der Waals surface area contributed by atoms with E-state index in [-0.39, 0.29) is 41.1 Å². The Morgan fingerprint density at radius 2 is 0.776 bits per heavy atom. The second-order valence-corrected chi connectivity index (χ2v) is 29.3. The molecule has 5 aromatic rings. The Bertz CT molecular complexity index is 2900. The fourth-order valence-corrected chi connectivity index (χ4v) is 15.0. The quantitative estimate of drug-likeness (QED) is 0.127. The van der Waals surface area contributed by atoms with Crippen LogP contribution in [0.3, 0.4) is 0 Å². The van der Waals surface area contributed by atoms with Crippen molar-refractivity contribution in [2.75, 3.05) is 0 Å². The second kappa shape index (κ2) is 18.5. The molecule has 0 atom stereocenters. The molecule has 0 unspecified atom stereocenters. The molecule has 6 heteroatoms. The van der Waals surface area contributed by atoms with E-state index in [9.17, 15) is 0 Å². The van der Waals surface area contributed by atoms with Crippen molar-refractivity contribution in [1.29, 1.82) is 0 Å². The van der Waals surface area contributed by atoms with Crippen LogP contribution in [0.2, 0.25) is 16.6 Å². The summed E-state index contributed by atoms with van der Waals surface area (Å²) in [6, 6.07) is 22.4. The van der Waals surface area contributed by atoms with Crippen LogP contribution in [0.15, 0.2) is 60.7 Å². The summed E-state index contributed by atoms with van der Waals surface area (Å²) in [5, 5.41) is 0. The maximum Gasteiger partial charge on any atom is 2.00 e. The van der Waals surface area contributed by atoms with Crippen LogP contribution in [0.4, 0.5) is 0 Å². The van der Waals surface area contributed by atoms with Gasteiger partial charge >= 0.3 is 19.5 Å². The zero-order valence-electron chi connectivity index (χ0n) is 43.9. The molecule has 0 amide bonds. The standard InChI is InChI=1S/C61H72N4Si.Zn/c1-20-46-48-21-25-52(62-48)56(40-31-42(58(8,9)10)35-43(32-40)59(11,12)13)54-27-23-50(64-54)47(29-30-66(37(2)3,38(4)5)39(6)7)51-24-28-55(65-51)57(53-26-22-49(46)63-53)41-33-44(60(14,15)16)36-45(34-41)61(17,18)19;/h1,21-28,31-39H,2-19H3;/q-2;+2. The third-order valence-electron chi connectivity index (χ3n) is 13.9. The molecular formula is C61H72N4SiZn. The van der Waals surface area contributed by atoms with Crippen LogP contribution < -0.4 is 9.97 Å². The largest absolute Gasteiger partial charge is 2.00 e. The number of fused-ring (bicyclic) bond motifs is 8. The first-order valence-corrected chi connectivity index (χ1v) is 26.2. The van der Waals surface area contributed by atoms with E-state index < -0.39 is 8.07 Å². The van der Waals surface area contributed by atoms with Gasteiger partial charge in [-0.25, -0.2) is 9.97 Å². The minimum atomic E-state index is -2.17. The summed E-state index contributed by atoms with van der Waals surface area (Å²) in [4.78, 5) is 21.9. The predicted molar refractivity (Wildman–Crippen MR) is 288 cm³/mol. The molecule has 2 aliphatic heterocycles. The maximum absolute atomic E-state index is 6.43. The van der Waals surface area contributed by atoms with Crippen LogP contribution in [0.25, 0.3) is 68.6 Å². The van der Waals surface area contributed by atoms with Crippen molar-refractivity contribution >= 4 is 54.4 Å². The first-order chi connectivity index (χ1) is 30.6. The summed E-state index contributed by atoms with van der Waals surface area (Å²) in [6.45, 7) is 41.5. The van der Waals surface area contributed by atoms with Crippen molar-refractivity contribution in [3.63, 3.8) is 0 Å². The summed E-state index contributed by atoms with van der Waals surface area (Å²) in [6.07, 6.45) is 14.8. The number of hydrogen-bond acceptors (Lipinski definition) is 2. The van der Waals surface area contributed by atoms with E-state index in [0.717, 1.165) is 61.4 Å². The van der Waals surface area contributed by atoms with Gasteiger partial charge in [0.2, 0.25) is 0 Å². The Balaban J connectivity index is 0.00000741. The van der Waals surface area contributed by atoms with E-state index in [1.807, 2.05) is 12.1 Å². The number of nitrogens with zero attached hydrogens (tertiary/aromatic N) is 4. The van der Waals surface area contributed by atoms with Gasteiger partial charge in [0.25, 0.3) is 0 Å². The summed E-state index contributed by atoms with van der Waals surface area (Å²) >= 11 is 0. The fraction of sp³-hybridized carbons (Fsp3) is 0.410. The van der Waals surface area contributed by atoms with Gasteiger partial charge in [0.1, 0.15) is 8.07 Å². The first-order valence-electron chi connectivity index (χ1n) is 24.0. The SMILES string of the molecule is C#Cc1c2nc(c(-c3cc(C(C)(C)C)cc(C(C)(C)C)c3)c3ccc([n-]3)c(C#C[Si](C(C)C)(C(C)C)C(C)C)c3nc(c(-c4cc(C(C)(C)C)cc(C(C)(C)C)c4)c4ccc1[n-]4)C=C3)C=C2.[Zn+2]. The van der Waals surface area contributed by atoms with E-state index in [1.165, 1.54) is 22.3 Å². The molecule has 3 aromatic heterocycles. The second-order valence-electron chi connectivity index (χ2n) is 23.8. The monoisotopic (exact) mass is 952 g/mol. The first kappa shape index (κ1) is 51.4. The molecule has 0 aliphatic carbocycles. The number of benzene rings is 2. The number of hydrogen-bond donors (Lipinski definition) is 0. The molecule has 0 spiro atoms. The van der Waals surface area contributed by atoms with Crippen LogP contribution >= 0.6 is 0 Å². The van der Waals surface area contributed by atoms with E-state index in [1.54, 1.807) is 0 Å². The molecule has 0 saturated carbocycles. The zero-order valence-corrected chi connectivity index (χ0v) is 47.9. The van der Waals surface area contributed by atoms with Gasteiger partial charge in [-0.05, 0) is 107 Å². The van der Waals surface area contributed by atoms with Crippen molar-refractivity contribution in [2.45, 2.75) is 163 Å². The van der Waals surface area contributed by atoms with Crippen LogP contribution in [0, 0.1) is 23.8 Å². The molecule has 7 rings (SSSR count). The van der Waals surface area contributed by atoms with E-state index in [4.69, 9.17) is 26.4 Å². The van der Waals surface area contributed by atoms with Crippen LogP contribution in [0.5, 0.6) is 0 Å². The van der Waals surface area contributed by atoms with E-state index in [2.05, 4.69) is 215 Å². The van der Waals surface area contributed by atoms with Crippen LogP contribution in [-0.4, -0.2) is 18.0 Å². The van der Waals surface area contributed by atoms with Gasteiger partial charge in [0.05, 0.1) is 22.8 Å². The minimum Gasteiger partial charge on any atom is -0.656 e. The number of aromatic nitrogens is 4. The van der Waals surface area contributed by atoms with Crippen LogP contribution in [0.1, 0.15) is 181 Å². The zero-order chi connectivity index (χ0) is 48.5. The molecule has 5 heterocycles. The van der Waals surface area contributed by atoms with Crippen molar-refractivity contribution < 1.29 is 19.5 Å². The molecule has 0 saturated heterocycles. The Morgan fingerprint density at radius 1 is 0.463 bits per heavy atom. The molecule has 0 N–H and O–H groups in total. The number of terminal acetylenes is 1. The average Bonchev–Trinajstić information content (AvgIpc) is 4.05. The van der Waals surface area contributed by atoms with Crippen molar-refractivity contribution in [2.24, 2.45) is 0 Å². The van der Waals surface area contributed by atoms with Crippen molar-refractivity contribution in [3.8, 4) is 46.1 Å².